The van der Waals surface area contributed by atoms with Crippen molar-refractivity contribution in [2.24, 2.45) is 0 Å². The third-order valence-corrected chi connectivity index (χ3v) is 4.46. The van der Waals surface area contributed by atoms with E-state index < -0.39 is 0 Å². The fourth-order valence-corrected chi connectivity index (χ4v) is 2.98. The van der Waals surface area contributed by atoms with E-state index in [4.69, 9.17) is 9.15 Å². The molecule has 1 aromatic carbocycles. The van der Waals surface area contributed by atoms with Crippen LogP contribution in [0.5, 0.6) is 5.75 Å². The first kappa shape index (κ1) is 17.8. The van der Waals surface area contributed by atoms with Crippen LogP contribution in [0.2, 0.25) is 0 Å². The number of aryl methyl sites for hydroxylation is 1. The molecule has 7 heteroatoms. The van der Waals surface area contributed by atoms with Gasteiger partial charge in [-0.25, -0.2) is 0 Å². The smallest absolute Gasteiger partial charge is 0.224 e. The van der Waals surface area contributed by atoms with Gasteiger partial charge in [-0.3, -0.25) is 9.59 Å². The van der Waals surface area contributed by atoms with E-state index in [2.05, 4.69) is 10.2 Å². The number of amides is 2. The second-order valence-electron chi connectivity index (χ2n) is 6.14. The van der Waals surface area contributed by atoms with Crippen LogP contribution < -0.4 is 15.0 Å². The lowest BCUT2D eigenvalue weighted by Gasteiger charge is -2.34. The largest absolute Gasteiger partial charge is 0.495 e. The van der Waals surface area contributed by atoms with Crippen LogP contribution in [0.4, 0.5) is 11.4 Å². The lowest BCUT2D eigenvalue weighted by atomic mass is 10.2. The number of carbonyl (C=O) groups is 2. The molecule has 1 aromatic heterocycles. The number of ether oxygens (including phenoxy) is 1. The van der Waals surface area contributed by atoms with Gasteiger partial charge in [-0.1, -0.05) is 0 Å². The molecule has 0 saturated carbocycles. The predicted octanol–water partition coefficient (Wildman–Crippen LogP) is 2.14. The van der Waals surface area contributed by atoms with Crippen LogP contribution in [-0.2, 0) is 16.0 Å². The van der Waals surface area contributed by atoms with Gasteiger partial charge in [0.2, 0.25) is 12.3 Å². The average Bonchev–Trinajstić information content (AvgIpc) is 3.20. The van der Waals surface area contributed by atoms with Crippen LogP contribution in [-0.4, -0.2) is 50.5 Å². The summed E-state index contributed by atoms with van der Waals surface area (Å²) >= 11 is 0. The van der Waals surface area contributed by atoms with Crippen molar-refractivity contribution in [1.29, 1.82) is 0 Å². The summed E-state index contributed by atoms with van der Waals surface area (Å²) in [5.74, 6) is 1.31. The molecular weight excluding hydrogens is 334 g/mol. The standard InChI is InChI=1S/C19H23N3O4/c1-25-18-6-4-15(22-10-8-21(14-23)9-11-22)13-17(18)20-19(24)7-5-16-3-2-12-26-16/h2-4,6,12-14H,5,7-11H2,1H3,(H,20,24). The van der Waals surface area contributed by atoms with Crippen molar-refractivity contribution in [3.8, 4) is 5.75 Å². The SMILES string of the molecule is COc1ccc(N2CCN(C=O)CC2)cc1NC(=O)CCc1ccco1. The highest BCUT2D eigenvalue weighted by Gasteiger charge is 2.17. The van der Waals surface area contributed by atoms with E-state index in [1.807, 2.05) is 30.3 Å². The zero-order valence-corrected chi connectivity index (χ0v) is 14.8. The Bertz CT molecular complexity index is 737. The fraction of sp³-hybridized carbons (Fsp3) is 0.368. The van der Waals surface area contributed by atoms with Gasteiger partial charge in [0.05, 0.1) is 19.1 Å². The molecule has 1 aliphatic rings. The second-order valence-corrected chi connectivity index (χ2v) is 6.14. The van der Waals surface area contributed by atoms with E-state index in [1.54, 1.807) is 18.3 Å². The quantitative estimate of drug-likeness (QED) is 0.769. The third-order valence-electron chi connectivity index (χ3n) is 4.46. The summed E-state index contributed by atoms with van der Waals surface area (Å²) in [4.78, 5) is 27.1. The first-order chi connectivity index (χ1) is 12.7. The molecule has 7 nitrogen and oxygen atoms in total. The number of nitrogens with zero attached hydrogens (tertiary/aromatic N) is 2. The Morgan fingerprint density at radius 2 is 2.08 bits per heavy atom. The number of anilines is 2. The molecular formula is C19H23N3O4. The lowest BCUT2D eigenvalue weighted by Crippen LogP contribution is -2.45. The maximum Gasteiger partial charge on any atom is 0.224 e. The van der Waals surface area contributed by atoms with Gasteiger partial charge in [-0.15, -0.1) is 0 Å². The molecule has 1 saturated heterocycles. The van der Waals surface area contributed by atoms with E-state index in [-0.39, 0.29) is 5.91 Å². The minimum Gasteiger partial charge on any atom is -0.495 e. The Morgan fingerprint density at radius 3 is 2.73 bits per heavy atom. The molecule has 0 radical (unpaired) electrons. The summed E-state index contributed by atoms with van der Waals surface area (Å²) in [6.45, 7) is 2.91. The number of benzene rings is 1. The molecule has 2 heterocycles. The summed E-state index contributed by atoms with van der Waals surface area (Å²) in [6, 6.07) is 9.40. The Balaban J connectivity index is 1.65. The molecule has 3 rings (SSSR count). The highest BCUT2D eigenvalue weighted by atomic mass is 16.5. The van der Waals surface area contributed by atoms with Crippen LogP contribution >= 0.6 is 0 Å². The number of carbonyl (C=O) groups excluding carboxylic acids is 2. The van der Waals surface area contributed by atoms with E-state index in [9.17, 15) is 9.59 Å². The highest BCUT2D eigenvalue weighted by Crippen LogP contribution is 2.30. The van der Waals surface area contributed by atoms with E-state index in [0.29, 0.717) is 37.4 Å². The molecule has 26 heavy (non-hydrogen) atoms. The van der Waals surface area contributed by atoms with E-state index >= 15 is 0 Å². The van der Waals surface area contributed by atoms with Gasteiger partial charge >= 0.3 is 0 Å². The van der Waals surface area contributed by atoms with Crippen LogP contribution in [0.25, 0.3) is 0 Å². The van der Waals surface area contributed by atoms with E-state index in [0.717, 1.165) is 30.9 Å². The topological polar surface area (TPSA) is 75.0 Å². The Kier molecular flexibility index (Phi) is 5.78. The Morgan fingerprint density at radius 1 is 1.27 bits per heavy atom. The molecule has 2 amide bonds. The van der Waals surface area contributed by atoms with Crippen molar-refractivity contribution < 1.29 is 18.7 Å². The molecule has 1 fully saturated rings. The van der Waals surface area contributed by atoms with Crippen molar-refractivity contribution in [1.82, 2.24) is 4.90 Å². The first-order valence-electron chi connectivity index (χ1n) is 8.64. The fourth-order valence-electron chi connectivity index (χ4n) is 2.98. The van der Waals surface area contributed by atoms with Crippen LogP contribution in [0.3, 0.4) is 0 Å². The zero-order chi connectivity index (χ0) is 18.4. The molecule has 138 valence electrons. The predicted molar refractivity (Wildman–Crippen MR) is 98.5 cm³/mol. The number of rotatable bonds is 7. The number of piperazine rings is 1. The first-order valence-corrected chi connectivity index (χ1v) is 8.64. The van der Waals surface area contributed by atoms with Gasteiger partial charge < -0.3 is 24.3 Å². The van der Waals surface area contributed by atoms with Gasteiger partial charge in [0, 0.05) is 44.7 Å². The van der Waals surface area contributed by atoms with Gasteiger partial charge in [0.25, 0.3) is 0 Å². The molecule has 2 aromatic rings. The normalized spacial score (nSPS) is 14.2. The highest BCUT2D eigenvalue weighted by molar-refractivity contribution is 5.93. The van der Waals surface area contributed by atoms with Crippen molar-refractivity contribution >= 4 is 23.7 Å². The summed E-state index contributed by atoms with van der Waals surface area (Å²) < 4.78 is 10.6. The van der Waals surface area contributed by atoms with Gasteiger partial charge in [-0.05, 0) is 30.3 Å². The Hall–Kier alpha value is -2.96. The van der Waals surface area contributed by atoms with Crippen LogP contribution in [0.15, 0.2) is 41.0 Å². The Labute approximate surface area is 152 Å². The summed E-state index contributed by atoms with van der Waals surface area (Å²) in [5.41, 5.74) is 1.64. The third kappa shape index (κ3) is 4.36. The van der Waals surface area contributed by atoms with Crippen molar-refractivity contribution in [3.05, 3.63) is 42.4 Å². The number of hydrogen-bond donors (Lipinski definition) is 1. The number of furan rings is 1. The number of hydrogen-bond acceptors (Lipinski definition) is 5. The van der Waals surface area contributed by atoms with Crippen LogP contribution in [0, 0.1) is 0 Å². The summed E-state index contributed by atoms with van der Waals surface area (Å²) in [6.07, 6.45) is 3.37. The van der Waals surface area contributed by atoms with Crippen LogP contribution in [0.1, 0.15) is 12.2 Å². The number of nitrogens with one attached hydrogen (secondary N) is 1. The van der Waals surface area contributed by atoms with Gasteiger partial charge in [-0.2, -0.15) is 0 Å². The molecule has 0 atom stereocenters. The van der Waals surface area contributed by atoms with Crippen molar-refractivity contribution in [2.45, 2.75) is 12.8 Å². The maximum atomic E-state index is 12.3. The molecule has 1 aliphatic heterocycles. The monoisotopic (exact) mass is 357 g/mol. The van der Waals surface area contributed by atoms with E-state index in [1.165, 1.54) is 0 Å². The molecule has 1 N–H and O–H groups in total. The average molecular weight is 357 g/mol. The maximum absolute atomic E-state index is 12.3. The molecule has 0 aliphatic carbocycles. The van der Waals surface area contributed by atoms with Gasteiger partial charge in [0.15, 0.2) is 0 Å². The second kappa shape index (κ2) is 8.42. The summed E-state index contributed by atoms with van der Waals surface area (Å²) in [5, 5.41) is 2.92. The summed E-state index contributed by atoms with van der Waals surface area (Å²) in [7, 11) is 1.58. The lowest BCUT2D eigenvalue weighted by molar-refractivity contribution is -0.118. The minimum absolute atomic E-state index is 0.0948. The van der Waals surface area contributed by atoms with Crippen molar-refractivity contribution in [3.63, 3.8) is 0 Å². The minimum atomic E-state index is -0.0948. The molecule has 0 spiro atoms. The van der Waals surface area contributed by atoms with Gasteiger partial charge in [0.1, 0.15) is 11.5 Å². The zero-order valence-electron chi connectivity index (χ0n) is 14.8. The molecule has 0 bridgehead atoms. The molecule has 0 unspecified atom stereocenters. The number of methoxy groups -OCH3 is 1. The van der Waals surface area contributed by atoms with Crippen molar-refractivity contribution in [2.75, 3.05) is 43.5 Å².